The standard InChI is InChI=1S/C18H28N4O2.HI/c1-4-20-18(22-10-9-15(12-22)13-24-3)21-11-14-5-7-16(8-6-14)17(23)19-2;/h5-8,15H,4,9-13H2,1-3H3,(H,19,23)(H,20,21);1H. The second-order valence-electron chi connectivity index (χ2n) is 6.00. The van der Waals surface area contributed by atoms with Crippen LogP contribution in [0.5, 0.6) is 0 Å². The molecule has 7 heteroatoms. The van der Waals surface area contributed by atoms with E-state index in [1.165, 1.54) is 0 Å². The van der Waals surface area contributed by atoms with E-state index in [2.05, 4.69) is 22.5 Å². The second-order valence-corrected chi connectivity index (χ2v) is 6.00. The summed E-state index contributed by atoms with van der Waals surface area (Å²) in [6, 6.07) is 7.58. The number of hydrogen-bond donors (Lipinski definition) is 2. The van der Waals surface area contributed by atoms with E-state index in [4.69, 9.17) is 9.73 Å². The van der Waals surface area contributed by atoms with Crippen LogP contribution in [0, 0.1) is 5.92 Å². The number of likely N-dealkylation sites (tertiary alicyclic amines) is 1. The lowest BCUT2D eigenvalue weighted by molar-refractivity contribution is 0.0963. The SMILES string of the molecule is CCNC(=NCc1ccc(C(=O)NC)cc1)N1CCC(COC)C1.I. The molecular formula is C18H29IN4O2. The minimum absolute atomic E-state index is 0. The van der Waals surface area contributed by atoms with Gasteiger partial charge in [0.15, 0.2) is 5.96 Å². The van der Waals surface area contributed by atoms with Crippen molar-refractivity contribution in [2.45, 2.75) is 19.9 Å². The highest BCUT2D eigenvalue weighted by Crippen LogP contribution is 2.16. The molecule has 2 rings (SSSR count). The highest BCUT2D eigenvalue weighted by atomic mass is 127. The first-order valence-electron chi connectivity index (χ1n) is 8.51. The van der Waals surface area contributed by atoms with Gasteiger partial charge in [-0.3, -0.25) is 4.79 Å². The van der Waals surface area contributed by atoms with Gasteiger partial charge in [-0.05, 0) is 31.0 Å². The van der Waals surface area contributed by atoms with E-state index < -0.39 is 0 Å². The summed E-state index contributed by atoms with van der Waals surface area (Å²) in [5.41, 5.74) is 1.75. The molecule has 0 spiro atoms. The lowest BCUT2D eigenvalue weighted by atomic mass is 10.1. The number of hydrogen-bond acceptors (Lipinski definition) is 3. The van der Waals surface area contributed by atoms with Crippen molar-refractivity contribution >= 4 is 35.8 Å². The number of amides is 1. The Kier molecular flexibility index (Phi) is 9.81. The number of nitrogens with zero attached hydrogens (tertiary/aromatic N) is 2. The van der Waals surface area contributed by atoms with Gasteiger partial charge in [0.05, 0.1) is 13.2 Å². The number of methoxy groups -OCH3 is 1. The van der Waals surface area contributed by atoms with E-state index in [1.807, 2.05) is 24.3 Å². The number of guanidine groups is 1. The van der Waals surface area contributed by atoms with Gasteiger partial charge < -0.3 is 20.3 Å². The maximum Gasteiger partial charge on any atom is 0.251 e. The maximum atomic E-state index is 11.6. The molecule has 1 heterocycles. The molecule has 1 unspecified atom stereocenters. The maximum absolute atomic E-state index is 11.6. The average Bonchev–Trinajstić information content (AvgIpc) is 3.07. The van der Waals surface area contributed by atoms with Crippen LogP contribution >= 0.6 is 24.0 Å². The van der Waals surface area contributed by atoms with Gasteiger partial charge in [-0.15, -0.1) is 24.0 Å². The highest BCUT2D eigenvalue weighted by molar-refractivity contribution is 14.0. The normalized spacial score (nSPS) is 17.2. The molecule has 1 atom stereocenters. The average molecular weight is 460 g/mol. The molecule has 0 saturated carbocycles. The Morgan fingerprint density at radius 3 is 2.68 bits per heavy atom. The number of benzene rings is 1. The molecule has 1 aliphatic rings. The van der Waals surface area contributed by atoms with E-state index in [0.717, 1.165) is 44.2 Å². The molecular weight excluding hydrogens is 431 g/mol. The van der Waals surface area contributed by atoms with Gasteiger partial charge in [0.25, 0.3) is 5.91 Å². The van der Waals surface area contributed by atoms with E-state index in [0.29, 0.717) is 18.0 Å². The van der Waals surface area contributed by atoms with Crippen LogP contribution in [0.3, 0.4) is 0 Å². The van der Waals surface area contributed by atoms with Crippen molar-refractivity contribution in [1.82, 2.24) is 15.5 Å². The molecule has 0 radical (unpaired) electrons. The molecule has 1 aromatic carbocycles. The minimum Gasteiger partial charge on any atom is -0.384 e. The zero-order valence-electron chi connectivity index (χ0n) is 15.2. The molecule has 2 N–H and O–H groups in total. The molecule has 1 amide bonds. The van der Waals surface area contributed by atoms with Crippen molar-refractivity contribution in [3.63, 3.8) is 0 Å². The third kappa shape index (κ3) is 6.47. The van der Waals surface area contributed by atoms with Crippen LogP contribution in [0.2, 0.25) is 0 Å². The molecule has 6 nitrogen and oxygen atoms in total. The number of rotatable bonds is 6. The van der Waals surface area contributed by atoms with Crippen molar-refractivity contribution in [2.24, 2.45) is 10.9 Å². The second kappa shape index (κ2) is 11.3. The number of nitrogens with one attached hydrogen (secondary N) is 2. The van der Waals surface area contributed by atoms with Crippen LogP contribution in [0.4, 0.5) is 0 Å². The van der Waals surface area contributed by atoms with Gasteiger partial charge in [-0.1, -0.05) is 12.1 Å². The van der Waals surface area contributed by atoms with Crippen LogP contribution in [0.15, 0.2) is 29.3 Å². The number of carbonyl (C=O) groups excluding carboxylic acids is 1. The van der Waals surface area contributed by atoms with Crippen LogP contribution in [-0.2, 0) is 11.3 Å². The Morgan fingerprint density at radius 2 is 2.08 bits per heavy atom. The minimum atomic E-state index is -0.0698. The Hall–Kier alpha value is -1.35. The lowest BCUT2D eigenvalue weighted by Crippen LogP contribution is -2.40. The van der Waals surface area contributed by atoms with Crippen molar-refractivity contribution in [3.05, 3.63) is 35.4 Å². The molecule has 1 fully saturated rings. The summed E-state index contributed by atoms with van der Waals surface area (Å²) in [5.74, 6) is 1.46. The summed E-state index contributed by atoms with van der Waals surface area (Å²) in [5, 5.41) is 5.99. The predicted molar refractivity (Wildman–Crippen MR) is 112 cm³/mol. The monoisotopic (exact) mass is 460 g/mol. The molecule has 1 aromatic rings. The summed E-state index contributed by atoms with van der Waals surface area (Å²) in [7, 11) is 3.39. The molecule has 0 aliphatic carbocycles. The fraction of sp³-hybridized carbons (Fsp3) is 0.556. The number of carbonyl (C=O) groups is 1. The van der Waals surface area contributed by atoms with Crippen LogP contribution in [-0.4, -0.2) is 57.2 Å². The molecule has 0 aromatic heterocycles. The number of ether oxygens (including phenoxy) is 1. The molecule has 1 saturated heterocycles. The van der Waals surface area contributed by atoms with Gasteiger partial charge in [0.2, 0.25) is 0 Å². The zero-order valence-corrected chi connectivity index (χ0v) is 17.6. The largest absolute Gasteiger partial charge is 0.384 e. The molecule has 25 heavy (non-hydrogen) atoms. The smallest absolute Gasteiger partial charge is 0.251 e. The Morgan fingerprint density at radius 1 is 1.36 bits per heavy atom. The van der Waals surface area contributed by atoms with Crippen molar-refractivity contribution in [3.8, 4) is 0 Å². The van der Waals surface area contributed by atoms with Crippen LogP contribution in [0.1, 0.15) is 29.3 Å². The Bertz CT molecular complexity index is 563. The van der Waals surface area contributed by atoms with Crippen molar-refractivity contribution < 1.29 is 9.53 Å². The van der Waals surface area contributed by atoms with Gasteiger partial charge >= 0.3 is 0 Å². The van der Waals surface area contributed by atoms with Crippen molar-refractivity contribution in [2.75, 3.05) is 40.4 Å². The topological polar surface area (TPSA) is 66.0 Å². The van der Waals surface area contributed by atoms with Gasteiger partial charge in [0.1, 0.15) is 0 Å². The summed E-state index contributed by atoms with van der Waals surface area (Å²) in [6.45, 7) is 6.32. The Labute approximate surface area is 167 Å². The van der Waals surface area contributed by atoms with Crippen LogP contribution in [0.25, 0.3) is 0 Å². The summed E-state index contributed by atoms with van der Waals surface area (Å²) < 4.78 is 5.26. The van der Waals surface area contributed by atoms with Crippen LogP contribution < -0.4 is 10.6 Å². The number of halogens is 1. The molecule has 0 bridgehead atoms. The van der Waals surface area contributed by atoms with E-state index in [1.54, 1.807) is 14.2 Å². The summed E-state index contributed by atoms with van der Waals surface area (Å²) >= 11 is 0. The fourth-order valence-corrected chi connectivity index (χ4v) is 2.89. The van der Waals surface area contributed by atoms with E-state index in [-0.39, 0.29) is 29.9 Å². The predicted octanol–water partition coefficient (Wildman–Crippen LogP) is 2.10. The highest BCUT2D eigenvalue weighted by Gasteiger charge is 2.24. The quantitative estimate of drug-likeness (QED) is 0.388. The van der Waals surface area contributed by atoms with E-state index in [9.17, 15) is 4.79 Å². The van der Waals surface area contributed by atoms with Gasteiger partial charge in [-0.25, -0.2) is 4.99 Å². The summed E-state index contributed by atoms with van der Waals surface area (Å²) in [4.78, 5) is 18.6. The molecule has 140 valence electrons. The summed E-state index contributed by atoms with van der Waals surface area (Å²) in [6.07, 6.45) is 1.14. The van der Waals surface area contributed by atoms with E-state index >= 15 is 0 Å². The third-order valence-electron chi connectivity index (χ3n) is 4.18. The molecule has 1 aliphatic heterocycles. The third-order valence-corrected chi connectivity index (χ3v) is 4.18. The first-order chi connectivity index (χ1) is 11.7. The fourth-order valence-electron chi connectivity index (χ4n) is 2.89. The Balaban J connectivity index is 0.00000312. The number of aliphatic imine (C=N–C) groups is 1. The first kappa shape index (κ1) is 21.7. The first-order valence-corrected chi connectivity index (χ1v) is 8.51. The zero-order chi connectivity index (χ0) is 17.4. The van der Waals surface area contributed by atoms with Gasteiger partial charge in [-0.2, -0.15) is 0 Å². The van der Waals surface area contributed by atoms with Crippen molar-refractivity contribution in [1.29, 1.82) is 0 Å². The lowest BCUT2D eigenvalue weighted by Gasteiger charge is -2.21. The van der Waals surface area contributed by atoms with Gasteiger partial charge in [0, 0.05) is 45.3 Å².